The quantitative estimate of drug-likeness (QED) is 0.575. The van der Waals surface area contributed by atoms with Gasteiger partial charge in [-0.05, 0) is 24.3 Å². The molecule has 0 atom stereocenters. The summed E-state index contributed by atoms with van der Waals surface area (Å²) in [6.45, 7) is 0. The van der Waals surface area contributed by atoms with E-state index in [1.807, 2.05) is 60.7 Å². The Hall–Kier alpha value is -3.28. The van der Waals surface area contributed by atoms with Crippen LogP contribution in [0.5, 0.6) is 0 Å². The van der Waals surface area contributed by atoms with E-state index >= 15 is 0 Å². The third kappa shape index (κ3) is 2.26. The van der Waals surface area contributed by atoms with E-state index in [1.165, 1.54) is 0 Å². The maximum absolute atomic E-state index is 5.59. The van der Waals surface area contributed by atoms with Gasteiger partial charge in [0.25, 0.3) is 0 Å². The van der Waals surface area contributed by atoms with Crippen molar-refractivity contribution in [2.45, 2.75) is 0 Å². The second-order valence-electron chi connectivity index (χ2n) is 4.56. The Morgan fingerprint density at radius 3 is 1.23 bits per heavy atom. The number of benzene rings is 2. The number of aromatic nitrogens is 4. The molecule has 6 heteroatoms. The molecule has 2 aromatic carbocycles. The summed E-state index contributed by atoms with van der Waals surface area (Å²) >= 11 is 0. The molecule has 0 radical (unpaired) electrons. The molecule has 6 nitrogen and oxygen atoms in total. The molecule has 0 spiro atoms. The highest BCUT2D eigenvalue weighted by Gasteiger charge is 2.17. The van der Waals surface area contributed by atoms with Crippen LogP contribution in [0.4, 0.5) is 0 Å². The van der Waals surface area contributed by atoms with Gasteiger partial charge in [0.2, 0.25) is 11.8 Å². The van der Waals surface area contributed by atoms with E-state index in [1.54, 1.807) is 0 Å². The van der Waals surface area contributed by atoms with Crippen LogP contribution in [0.3, 0.4) is 0 Å². The molecule has 4 rings (SSSR count). The highest BCUT2D eigenvalue weighted by atomic mass is 16.4. The molecule has 0 aliphatic rings. The Kier molecular flexibility index (Phi) is 2.97. The molecular formula is C16H10N4O2. The molecule has 2 aromatic heterocycles. The predicted octanol–water partition coefficient (Wildman–Crippen LogP) is 3.45. The van der Waals surface area contributed by atoms with Crippen molar-refractivity contribution in [3.05, 3.63) is 60.7 Å². The Morgan fingerprint density at radius 1 is 0.455 bits per heavy atom. The van der Waals surface area contributed by atoms with Gasteiger partial charge in [-0.2, -0.15) is 0 Å². The van der Waals surface area contributed by atoms with E-state index in [4.69, 9.17) is 8.83 Å². The van der Waals surface area contributed by atoms with E-state index < -0.39 is 0 Å². The molecule has 0 bridgehead atoms. The summed E-state index contributed by atoms with van der Waals surface area (Å²) in [5, 5.41) is 15.9. The molecular weight excluding hydrogens is 280 g/mol. The molecule has 4 aromatic rings. The zero-order valence-corrected chi connectivity index (χ0v) is 11.4. The zero-order valence-electron chi connectivity index (χ0n) is 11.4. The lowest BCUT2D eigenvalue weighted by Gasteiger charge is -1.92. The van der Waals surface area contributed by atoms with Gasteiger partial charge in [-0.3, -0.25) is 0 Å². The maximum Gasteiger partial charge on any atom is 0.306 e. The Bertz CT molecular complexity index is 809. The number of rotatable bonds is 3. The Labute approximate surface area is 125 Å². The summed E-state index contributed by atoms with van der Waals surface area (Å²) in [5.41, 5.74) is 1.67. The van der Waals surface area contributed by atoms with Crippen LogP contribution in [-0.2, 0) is 0 Å². The van der Waals surface area contributed by atoms with E-state index in [0.29, 0.717) is 11.8 Å². The van der Waals surface area contributed by atoms with Gasteiger partial charge in [-0.15, -0.1) is 20.4 Å². The topological polar surface area (TPSA) is 77.8 Å². The second kappa shape index (κ2) is 5.25. The van der Waals surface area contributed by atoms with Gasteiger partial charge in [0.05, 0.1) is 0 Å². The predicted molar refractivity (Wildman–Crippen MR) is 78.5 cm³/mol. The fourth-order valence-corrected chi connectivity index (χ4v) is 2.01. The van der Waals surface area contributed by atoms with Gasteiger partial charge in [-0.25, -0.2) is 0 Å². The highest BCUT2D eigenvalue weighted by molar-refractivity contribution is 5.55. The van der Waals surface area contributed by atoms with E-state index in [2.05, 4.69) is 20.4 Å². The standard InChI is InChI=1S/C16H10N4O2/c1-3-7-11(8-4-1)13-17-19-15(21-13)16-20-18-14(22-16)12-9-5-2-6-10-12/h1-10H. The largest absolute Gasteiger partial charge is 0.412 e. The lowest BCUT2D eigenvalue weighted by atomic mass is 10.2. The molecule has 0 saturated carbocycles. The van der Waals surface area contributed by atoms with Crippen molar-refractivity contribution < 1.29 is 8.83 Å². The molecule has 22 heavy (non-hydrogen) atoms. The van der Waals surface area contributed by atoms with Crippen molar-refractivity contribution in [3.8, 4) is 34.7 Å². The van der Waals surface area contributed by atoms with Crippen molar-refractivity contribution in [2.75, 3.05) is 0 Å². The monoisotopic (exact) mass is 290 g/mol. The minimum absolute atomic E-state index is 0.202. The summed E-state index contributed by atoms with van der Waals surface area (Å²) in [6.07, 6.45) is 0. The summed E-state index contributed by atoms with van der Waals surface area (Å²) in [5.74, 6) is 1.23. The van der Waals surface area contributed by atoms with Crippen molar-refractivity contribution in [1.29, 1.82) is 0 Å². The fourth-order valence-electron chi connectivity index (χ4n) is 2.01. The maximum atomic E-state index is 5.59. The highest BCUT2D eigenvalue weighted by Crippen LogP contribution is 2.25. The average molecular weight is 290 g/mol. The number of hydrogen-bond acceptors (Lipinski definition) is 6. The molecule has 0 N–H and O–H groups in total. The van der Waals surface area contributed by atoms with Crippen LogP contribution >= 0.6 is 0 Å². The SMILES string of the molecule is c1ccc(-c2nnc(-c3nnc(-c4ccccc4)o3)o2)cc1. The number of nitrogens with zero attached hydrogens (tertiary/aromatic N) is 4. The van der Waals surface area contributed by atoms with Crippen molar-refractivity contribution in [3.63, 3.8) is 0 Å². The molecule has 0 aliphatic carbocycles. The van der Waals surface area contributed by atoms with Crippen LogP contribution in [0.15, 0.2) is 69.5 Å². The molecule has 0 amide bonds. The van der Waals surface area contributed by atoms with Crippen LogP contribution in [0.1, 0.15) is 0 Å². The first-order valence-corrected chi connectivity index (χ1v) is 6.68. The van der Waals surface area contributed by atoms with Crippen LogP contribution < -0.4 is 0 Å². The van der Waals surface area contributed by atoms with Gasteiger partial charge in [0.15, 0.2) is 0 Å². The van der Waals surface area contributed by atoms with Crippen LogP contribution in [0.25, 0.3) is 34.7 Å². The average Bonchev–Trinajstić information content (AvgIpc) is 3.26. The molecule has 2 heterocycles. The summed E-state index contributed by atoms with van der Waals surface area (Å²) < 4.78 is 11.2. The molecule has 0 aliphatic heterocycles. The summed E-state index contributed by atoms with van der Waals surface area (Å²) in [7, 11) is 0. The first kappa shape index (κ1) is 12.5. The second-order valence-corrected chi connectivity index (χ2v) is 4.56. The zero-order chi connectivity index (χ0) is 14.8. The molecule has 0 fully saturated rings. The van der Waals surface area contributed by atoms with E-state index in [9.17, 15) is 0 Å². The van der Waals surface area contributed by atoms with Crippen LogP contribution in [0, 0.1) is 0 Å². The number of hydrogen-bond donors (Lipinski definition) is 0. The fraction of sp³-hybridized carbons (Fsp3) is 0. The first-order valence-electron chi connectivity index (χ1n) is 6.68. The van der Waals surface area contributed by atoms with Gasteiger partial charge >= 0.3 is 11.8 Å². The van der Waals surface area contributed by atoms with Gasteiger partial charge < -0.3 is 8.83 Å². The van der Waals surface area contributed by atoms with E-state index in [-0.39, 0.29) is 11.8 Å². The lowest BCUT2D eigenvalue weighted by molar-refractivity contribution is 0.522. The smallest absolute Gasteiger partial charge is 0.306 e. The minimum Gasteiger partial charge on any atom is -0.412 e. The lowest BCUT2D eigenvalue weighted by Crippen LogP contribution is -1.77. The van der Waals surface area contributed by atoms with Crippen LogP contribution in [-0.4, -0.2) is 20.4 Å². The van der Waals surface area contributed by atoms with Crippen LogP contribution in [0.2, 0.25) is 0 Å². The Balaban J connectivity index is 1.66. The summed E-state index contributed by atoms with van der Waals surface area (Å²) in [4.78, 5) is 0. The van der Waals surface area contributed by atoms with Gasteiger partial charge in [0, 0.05) is 11.1 Å². The third-order valence-corrected chi connectivity index (χ3v) is 3.07. The van der Waals surface area contributed by atoms with Gasteiger partial charge in [0.1, 0.15) is 0 Å². The van der Waals surface area contributed by atoms with Crippen molar-refractivity contribution in [2.24, 2.45) is 0 Å². The third-order valence-electron chi connectivity index (χ3n) is 3.07. The molecule has 106 valence electrons. The summed E-state index contributed by atoms with van der Waals surface area (Å²) in [6, 6.07) is 19.0. The Morgan fingerprint density at radius 2 is 0.818 bits per heavy atom. The van der Waals surface area contributed by atoms with E-state index in [0.717, 1.165) is 11.1 Å². The minimum atomic E-state index is 0.202. The molecule has 0 saturated heterocycles. The van der Waals surface area contributed by atoms with Gasteiger partial charge in [-0.1, -0.05) is 36.4 Å². The first-order chi connectivity index (χ1) is 10.9. The molecule has 0 unspecified atom stereocenters. The van der Waals surface area contributed by atoms with Crippen molar-refractivity contribution >= 4 is 0 Å². The normalized spacial score (nSPS) is 10.7. The van der Waals surface area contributed by atoms with Crippen molar-refractivity contribution in [1.82, 2.24) is 20.4 Å².